The average Bonchev–Trinajstić information content (AvgIpc) is 2.22. The monoisotopic (exact) mass is 398 g/mol. The van der Waals surface area contributed by atoms with Gasteiger partial charge in [0.05, 0.1) is 11.3 Å². The van der Waals surface area contributed by atoms with E-state index < -0.39 is 10.0 Å². The van der Waals surface area contributed by atoms with Crippen LogP contribution in [-0.2, 0) is 10.0 Å². The molecule has 100 valence electrons. The largest absolute Gasteiger partial charge is 0.352 e. The molecule has 0 saturated carbocycles. The summed E-state index contributed by atoms with van der Waals surface area (Å²) in [5.41, 5.74) is 0.494. The zero-order chi connectivity index (χ0) is 13.8. The van der Waals surface area contributed by atoms with Crippen LogP contribution in [0, 0.1) is 0 Å². The van der Waals surface area contributed by atoms with E-state index in [4.69, 9.17) is 5.14 Å². The molecule has 5 nitrogen and oxygen atoms in total. The van der Waals surface area contributed by atoms with Gasteiger partial charge in [0.2, 0.25) is 10.0 Å². The van der Waals surface area contributed by atoms with Crippen LogP contribution in [0.1, 0.15) is 16.8 Å². The minimum Gasteiger partial charge on any atom is -0.352 e. The molecular weight excluding hydrogens is 388 g/mol. The lowest BCUT2D eigenvalue weighted by Crippen LogP contribution is -2.27. The van der Waals surface area contributed by atoms with Crippen molar-refractivity contribution in [3.63, 3.8) is 0 Å². The van der Waals surface area contributed by atoms with Crippen molar-refractivity contribution in [2.75, 3.05) is 12.3 Å². The molecule has 0 aliphatic carbocycles. The number of nitrogens with two attached hydrogens (primary N) is 1. The Balaban J connectivity index is 2.51. The molecule has 1 rings (SSSR count). The Morgan fingerprint density at radius 2 is 2.00 bits per heavy atom. The molecule has 0 aromatic heterocycles. The SMILES string of the molecule is NS(=O)(=O)CCCNC(=O)c1ccc(Br)cc1Br. The van der Waals surface area contributed by atoms with Crippen molar-refractivity contribution in [2.24, 2.45) is 5.14 Å². The van der Waals surface area contributed by atoms with Gasteiger partial charge in [-0.15, -0.1) is 0 Å². The van der Waals surface area contributed by atoms with Crippen molar-refractivity contribution in [3.8, 4) is 0 Å². The van der Waals surface area contributed by atoms with Crippen LogP contribution in [0.15, 0.2) is 27.1 Å². The lowest BCUT2D eigenvalue weighted by molar-refractivity contribution is 0.0953. The van der Waals surface area contributed by atoms with Gasteiger partial charge in [0.15, 0.2) is 0 Å². The van der Waals surface area contributed by atoms with E-state index in [1.807, 2.05) is 0 Å². The highest BCUT2D eigenvalue weighted by atomic mass is 79.9. The summed E-state index contributed by atoms with van der Waals surface area (Å²) in [4.78, 5) is 11.8. The van der Waals surface area contributed by atoms with Crippen molar-refractivity contribution in [1.29, 1.82) is 0 Å². The maximum atomic E-state index is 11.8. The summed E-state index contributed by atoms with van der Waals surface area (Å²) in [5.74, 6) is -0.404. The summed E-state index contributed by atoms with van der Waals surface area (Å²) < 4.78 is 22.9. The summed E-state index contributed by atoms with van der Waals surface area (Å²) in [5, 5.41) is 7.48. The van der Waals surface area contributed by atoms with E-state index >= 15 is 0 Å². The molecule has 1 aromatic rings. The van der Waals surface area contributed by atoms with Gasteiger partial charge in [-0.2, -0.15) is 0 Å². The van der Waals surface area contributed by atoms with E-state index in [-0.39, 0.29) is 18.2 Å². The molecule has 0 fully saturated rings. The summed E-state index contributed by atoms with van der Waals surface area (Å²) in [7, 11) is -3.47. The fourth-order valence-corrected chi connectivity index (χ4v) is 3.02. The first kappa shape index (κ1) is 15.6. The number of halogens is 2. The third-order valence-corrected chi connectivity index (χ3v) is 4.07. The third kappa shape index (κ3) is 5.47. The number of hydrogen-bond donors (Lipinski definition) is 2. The van der Waals surface area contributed by atoms with Crippen LogP contribution in [-0.4, -0.2) is 26.6 Å². The Morgan fingerprint density at radius 3 is 2.56 bits per heavy atom. The van der Waals surface area contributed by atoms with E-state index in [0.29, 0.717) is 16.5 Å². The van der Waals surface area contributed by atoms with Gasteiger partial charge in [0.1, 0.15) is 0 Å². The second-order valence-corrected chi connectivity index (χ2v) is 7.10. The number of nitrogens with one attached hydrogen (secondary N) is 1. The Kier molecular flexibility index (Phi) is 5.77. The van der Waals surface area contributed by atoms with Crippen LogP contribution in [0.25, 0.3) is 0 Å². The molecule has 0 heterocycles. The number of benzene rings is 1. The molecule has 0 spiro atoms. The van der Waals surface area contributed by atoms with Crippen LogP contribution in [0.3, 0.4) is 0 Å². The predicted molar refractivity (Wildman–Crippen MR) is 76.8 cm³/mol. The van der Waals surface area contributed by atoms with Gasteiger partial charge in [-0.25, -0.2) is 13.6 Å². The van der Waals surface area contributed by atoms with Gasteiger partial charge in [0.25, 0.3) is 5.91 Å². The Labute approximate surface area is 122 Å². The fraction of sp³-hybridized carbons (Fsp3) is 0.300. The average molecular weight is 400 g/mol. The Morgan fingerprint density at radius 1 is 1.33 bits per heavy atom. The van der Waals surface area contributed by atoms with Crippen LogP contribution < -0.4 is 10.5 Å². The summed E-state index contributed by atoms with van der Waals surface area (Å²) >= 11 is 6.57. The van der Waals surface area contributed by atoms with Crippen LogP contribution in [0.4, 0.5) is 0 Å². The van der Waals surface area contributed by atoms with Crippen LogP contribution in [0.5, 0.6) is 0 Å². The lowest BCUT2D eigenvalue weighted by Gasteiger charge is -2.06. The van der Waals surface area contributed by atoms with Gasteiger partial charge in [-0.3, -0.25) is 4.79 Å². The third-order valence-electron chi connectivity index (χ3n) is 2.07. The number of rotatable bonds is 5. The molecule has 1 aromatic carbocycles. The first-order valence-electron chi connectivity index (χ1n) is 5.03. The lowest BCUT2D eigenvalue weighted by atomic mass is 10.2. The second kappa shape index (κ2) is 6.65. The normalized spacial score (nSPS) is 11.3. The zero-order valence-electron chi connectivity index (χ0n) is 9.32. The first-order valence-corrected chi connectivity index (χ1v) is 8.33. The molecule has 1 amide bonds. The minimum atomic E-state index is -3.47. The quantitative estimate of drug-likeness (QED) is 0.737. The molecule has 3 N–H and O–H groups in total. The molecule has 0 atom stereocenters. The summed E-state index contributed by atoms with van der Waals surface area (Å²) in [6.45, 7) is 0.262. The number of sulfonamides is 1. The molecule has 0 saturated heterocycles. The van der Waals surface area contributed by atoms with E-state index in [9.17, 15) is 13.2 Å². The van der Waals surface area contributed by atoms with Crippen molar-refractivity contribution < 1.29 is 13.2 Å². The number of carbonyl (C=O) groups is 1. The van der Waals surface area contributed by atoms with Gasteiger partial charge in [-0.05, 0) is 40.5 Å². The number of hydrogen-bond acceptors (Lipinski definition) is 3. The highest BCUT2D eigenvalue weighted by molar-refractivity contribution is 9.11. The van der Waals surface area contributed by atoms with Crippen molar-refractivity contribution in [2.45, 2.75) is 6.42 Å². The molecule has 0 aliphatic rings. The van der Waals surface area contributed by atoms with Crippen LogP contribution >= 0.6 is 31.9 Å². The molecule has 0 radical (unpaired) electrons. The van der Waals surface area contributed by atoms with Crippen molar-refractivity contribution in [1.82, 2.24) is 5.32 Å². The number of amides is 1. The van der Waals surface area contributed by atoms with Gasteiger partial charge >= 0.3 is 0 Å². The van der Waals surface area contributed by atoms with E-state index in [0.717, 1.165) is 4.47 Å². The highest BCUT2D eigenvalue weighted by Crippen LogP contribution is 2.21. The molecule has 8 heteroatoms. The molecule has 0 bridgehead atoms. The molecular formula is C10H12Br2N2O3S. The van der Waals surface area contributed by atoms with E-state index in [1.165, 1.54) is 0 Å². The minimum absolute atomic E-state index is 0.144. The molecule has 0 unspecified atom stereocenters. The van der Waals surface area contributed by atoms with Gasteiger partial charge < -0.3 is 5.32 Å². The zero-order valence-corrected chi connectivity index (χ0v) is 13.3. The Hall–Kier alpha value is -0.440. The van der Waals surface area contributed by atoms with E-state index in [1.54, 1.807) is 18.2 Å². The topological polar surface area (TPSA) is 89.3 Å². The van der Waals surface area contributed by atoms with Gasteiger partial charge in [-0.1, -0.05) is 15.9 Å². The summed E-state index contributed by atoms with van der Waals surface area (Å²) in [6, 6.07) is 5.19. The smallest absolute Gasteiger partial charge is 0.252 e. The van der Waals surface area contributed by atoms with Crippen molar-refractivity contribution in [3.05, 3.63) is 32.7 Å². The number of carbonyl (C=O) groups excluding carboxylic acids is 1. The second-order valence-electron chi connectivity index (χ2n) is 3.60. The summed E-state index contributed by atoms with van der Waals surface area (Å²) in [6.07, 6.45) is 0.290. The molecule has 0 aliphatic heterocycles. The highest BCUT2D eigenvalue weighted by Gasteiger charge is 2.10. The van der Waals surface area contributed by atoms with Crippen LogP contribution in [0.2, 0.25) is 0 Å². The standard InChI is InChI=1S/C10H12Br2N2O3S/c11-7-2-3-8(9(12)6-7)10(15)14-4-1-5-18(13,16)17/h2-3,6H,1,4-5H2,(H,14,15)(H2,13,16,17). The van der Waals surface area contributed by atoms with E-state index in [2.05, 4.69) is 37.2 Å². The first-order chi connectivity index (χ1) is 8.29. The Bertz CT molecular complexity index is 546. The molecule has 18 heavy (non-hydrogen) atoms. The van der Waals surface area contributed by atoms with Crippen molar-refractivity contribution >= 4 is 47.8 Å². The number of primary sulfonamides is 1. The van der Waals surface area contributed by atoms with Gasteiger partial charge in [0, 0.05) is 15.5 Å². The predicted octanol–water partition coefficient (Wildman–Crippen LogP) is 1.62. The maximum Gasteiger partial charge on any atom is 0.252 e. The maximum absolute atomic E-state index is 11.8. The fourth-order valence-electron chi connectivity index (χ4n) is 1.24.